The summed E-state index contributed by atoms with van der Waals surface area (Å²) < 4.78 is 12.5. The molecule has 0 aromatic heterocycles. The van der Waals surface area contributed by atoms with Crippen LogP contribution in [0.5, 0.6) is 11.5 Å². The number of carboxylic acid groups (broad SMARTS) is 1. The molecule has 0 fully saturated rings. The molecule has 0 aliphatic carbocycles. The molecule has 0 heterocycles. The van der Waals surface area contributed by atoms with E-state index in [2.05, 4.69) is 55.1 Å². The van der Waals surface area contributed by atoms with Crippen molar-refractivity contribution in [3.05, 3.63) is 130 Å². The number of para-hydroxylation sites is 2. The Morgan fingerprint density at radius 3 is 1.52 bits per heavy atom. The van der Waals surface area contributed by atoms with Gasteiger partial charge in [0.1, 0.15) is 30.8 Å². The molecule has 3 N–H and O–H groups in total. The van der Waals surface area contributed by atoms with Gasteiger partial charge in [0.25, 0.3) is 0 Å². The summed E-state index contributed by atoms with van der Waals surface area (Å²) >= 11 is 0. The van der Waals surface area contributed by atoms with Gasteiger partial charge < -0.3 is 20.3 Å². The number of nitrogens with two attached hydrogens (primary N) is 1. The van der Waals surface area contributed by atoms with Crippen molar-refractivity contribution >= 4 is 5.97 Å². The molecular weight excluding hydrogens is 500 g/mol. The van der Waals surface area contributed by atoms with Gasteiger partial charge in [-0.25, -0.2) is 0 Å². The molecule has 4 rings (SSSR count). The van der Waals surface area contributed by atoms with E-state index in [1.807, 2.05) is 60.7 Å². The molecule has 0 bridgehead atoms. The first-order valence-corrected chi connectivity index (χ1v) is 13.6. The normalized spacial score (nSPS) is 11.8. The number of ether oxygens (including phenoxy) is 2. The highest BCUT2D eigenvalue weighted by atomic mass is 16.5. The summed E-state index contributed by atoms with van der Waals surface area (Å²) in [5.41, 5.74) is 12.6. The maximum absolute atomic E-state index is 11.4. The summed E-state index contributed by atoms with van der Waals surface area (Å²) in [7, 11) is 0. The van der Waals surface area contributed by atoms with Gasteiger partial charge in [-0.05, 0) is 54.7 Å². The van der Waals surface area contributed by atoms with Crippen LogP contribution in [0.3, 0.4) is 0 Å². The Balaban J connectivity index is 1.52. The second-order valence-electron chi connectivity index (χ2n) is 10.1. The van der Waals surface area contributed by atoms with Crippen LogP contribution >= 0.6 is 0 Å². The molecule has 1 atom stereocenters. The van der Waals surface area contributed by atoms with Crippen molar-refractivity contribution in [3.8, 4) is 11.5 Å². The molecule has 0 aliphatic heterocycles. The lowest BCUT2D eigenvalue weighted by molar-refractivity contribution is -0.138. The van der Waals surface area contributed by atoms with Crippen molar-refractivity contribution in [1.82, 2.24) is 4.90 Å². The Bertz CT molecular complexity index is 1310. The van der Waals surface area contributed by atoms with E-state index in [4.69, 9.17) is 15.2 Å². The monoisotopic (exact) mass is 538 g/mol. The summed E-state index contributed by atoms with van der Waals surface area (Å²) in [5, 5.41) is 9.38. The summed E-state index contributed by atoms with van der Waals surface area (Å²) in [6, 6.07) is 31.5. The van der Waals surface area contributed by atoms with Gasteiger partial charge >= 0.3 is 5.97 Å². The number of rotatable bonds is 14. The van der Waals surface area contributed by atoms with Gasteiger partial charge in [-0.3, -0.25) is 9.69 Å². The SMILES string of the molecule is Cc1ccccc1COc1ccccc1CN(CC[C@@H](N)C(=O)O)Cc1ccccc1OCc1ccccc1C. The first-order chi connectivity index (χ1) is 19.4. The van der Waals surface area contributed by atoms with Gasteiger partial charge in [0.2, 0.25) is 0 Å². The Morgan fingerprint density at radius 2 is 1.10 bits per heavy atom. The average Bonchev–Trinajstić information content (AvgIpc) is 2.96. The van der Waals surface area contributed by atoms with Gasteiger partial charge in [0.05, 0.1) is 0 Å². The van der Waals surface area contributed by atoms with Crippen LogP contribution in [0.25, 0.3) is 0 Å². The fourth-order valence-corrected chi connectivity index (χ4v) is 4.55. The molecule has 0 unspecified atom stereocenters. The zero-order valence-electron chi connectivity index (χ0n) is 23.3. The second kappa shape index (κ2) is 14.3. The lowest BCUT2D eigenvalue weighted by Gasteiger charge is -2.25. The predicted molar refractivity (Wildman–Crippen MR) is 158 cm³/mol. The molecule has 6 nitrogen and oxygen atoms in total. The summed E-state index contributed by atoms with van der Waals surface area (Å²) in [6.45, 7) is 6.76. The third-order valence-corrected chi connectivity index (χ3v) is 7.10. The van der Waals surface area contributed by atoms with Gasteiger partial charge in [0, 0.05) is 30.8 Å². The fourth-order valence-electron chi connectivity index (χ4n) is 4.55. The van der Waals surface area contributed by atoms with E-state index >= 15 is 0 Å². The lowest BCUT2D eigenvalue weighted by atomic mass is 10.1. The van der Waals surface area contributed by atoms with Crippen LogP contribution in [-0.4, -0.2) is 28.6 Å². The summed E-state index contributed by atoms with van der Waals surface area (Å²) in [6.07, 6.45) is 0.327. The quantitative estimate of drug-likeness (QED) is 0.197. The largest absolute Gasteiger partial charge is 0.489 e. The van der Waals surface area contributed by atoms with E-state index in [1.165, 1.54) is 11.1 Å². The van der Waals surface area contributed by atoms with Gasteiger partial charge in [-0.15, -0.1) is 0 Å². The number of carbonyl (C=O) groups is 1. The van der Waals surface area contributed by atoms with Crippen molar-refractivity contribution in [3.63, 3.8) is 0 Å². The first-order valence-electron chi connectivity index (χ1n) is 13.6. The zero-order valence-corrected chi connectivity index (χ0v) is 23.3. The van der Waals surface area contributed by atoms with Crippen LogP contribution in [0.2, 0.25) is 0 Å². The molecule has 0 amide bonds. The smallest absolute Gasteiger partial charge is 0.320 e. The Labute approximate surface area is 237 Å². The van der Waals surface area contributed by atoms with E-state index < -0.39 is 12.0 Å². The molecule has 0 saturated heterocycles. The van der Waals surface area contributed by atoms with Crippen molar-refractivity contribution in [1.29, 1.82) is 0 Å². The predicted octanol–water partition coefficient (Wildman–Crippen LogP) is 6.27. The minimum atomic E-state index is -0.996. The van der Waals surface area contributed by atoms with E-state index in [0.717, 1.165) is 33.8 Å². The number of carboxylic acids is 1. The standard InChI is InChI=1S/C34H38N2O4/c1-25-11-3-5-15-29(25)23-39-32-17-9-7-13-27(32)21-36(20-19-31(35)34(37)38)22-28-14-8-10-18-33(28)40-24-30-16-6-4-12-26(30)2/h3-18,31H,19-24,35H2,1-2H3,(H,37,38)/t31-/m1/s1. The average molecular weight is 539 g/mol. The molecule has 0 spiro atoms. The van der Waals surface area contributed by atoms with Gasteiger partial charge in [-0.2, -0.15) is 0 Å². The third kappa shape index (κ3) is 8.18. The maximum Gasteiger partial charge on any atom is 0.320 e. The molecule has 6 heteroatoms. The van der Waals surface area contributed by atoms with Crippen molar-refractivity contribution in [2.45, 2.75) is 52.6 Å². The van der Waals surface area contributed by atoms with Crippen molar-refractivity contribution in [2.24, 2.45) is 5.73 Å². The van der Waals surface area contributed by atoms with Crippen molar-refractivity contribution < 1.29 is 19.4 Å². The van der Waals surface area contributed by atoms with E-state index in [0.29, 0.717) is 39.3 Å². The zero-order chi connectivity index (χ0) is 28.3. The van der Waals surface area contributed by atoms with Crippen molar-refractivity contribution in [2.75, 3.05) is 6.54 Å². The highest BCUT2D eigenvalue weighted by Gasteiger charge is 2.18. The number of aliphatic carboxylic acids is 1. The minimum absolute atomic E-state index is 0.327. The van der Waals surface area contributed by atoms with Crippen LogP contribution in [0.1, 0.15) is 39.8 Å². The molecular formula is C34H38N2O4. The maximum atomic E-state index is 11.4. The number of aryl methyl sites for hydroxylation is 2. The number of nitrogens with zero attached hydrogens (tertiary/aromatic N) is 1. The fraction of sp³-hybridized carbons (Fsp3) is 0.265. The molecule has 0 saturated carbocycles. The first kappa shape index (κ1) is 28.9. The van der Waals surface area contributed by atoms with Crippen LogP contribution in [0.4, 0.5) is 0 Å². The van der Waals surface area contributed by atoms with Crippen LogP contribution < -0.4 is 15.2 Å². The lowest BCUT2D eigenvalue weighted by Crippen LogP contribution is -2.35. The number of hydrogen-bond acceptors (Lipinski definition) is 5. The molecule has 0 aliphatic rings. The van der Waals surface area contributed by atoms with E-state index in [1.54, 1.807) is 0 Å². The Morgan fingerprint density at radius 1 is 0.700 bits per heavy atom. The molecule has 0 radical (unpaired) electrons. The van der Waals surface area contributed by atoms with E-state index in [-0.39, 0.29) is 0 Å². The topological polar surface area (TPSA) is 85.0 Å². The van der Waals surface area contributed by atoms with Gasteiger partial charge in [0.15, 0.2) is 0 Å². The second-order valence-corrected chi connectivity index (χ2v) is 10.1. The number of benzene rings is 4. The highest BCUT2D eigenvalue weighted by molar-refractivity contribution is 5.73. The van der Waals surface area contributed by atoms with Crippen LogP contribution in [-0.2, 0) is 31.1 Å². The Hall–Kier alpha value is -4.13. The van der Waals surface area contributed by atoms with E-state index in [9.17, 15) is 9.90 Å². The third-order valence-electron chi connectivity index (χ3n) is 7.10. The molecule has 40 heavy (non-hydrogen) atoms. The molecule has 208 valence electrons. The number of hydrogen-bond donors (Lipinski definition) is 2. The summed E-state index contributed by atoms with van der Waals surface area (Å²) in [5.74, 6) is 0.619. The molecule has 4 aromatic carbocycles. The van der Waals surface area contributed by atoms with Crippen LogP contribution in [0.15, 0.2) is 97.1 Å². The molecule has 4 aromatic rings. The Kier molecular flexibility index (Phi) is 10.3. The van der Waals surface area contributed by atoms with Crippen LogP contribution in [0, 0.1) is 13.8 Å². The van der Waals surface area contributed by atoms with Gasteiger partial charge in [-0.1, -0.05) is 84.9 Å². The minimum Gasteiger partial charge on any atom is -0.489 e. The highest BCUT2D eigenvalue weighted by Crippen LogP contribution is 2.26. The summed E-state index contributed by atoms with van der Waals surface area (Å²) in [4.78, 5) is 13.7.